The first kappa shape index (κ1) is 9.60. The maximum Gasteiger partial charge on any atom is 0.356 e. The third kappa shape index (κ3) is 1.94. The van der Waals surface area contributed by atoms with Gasteiger partial charge in [0.15, 0.2) is 11.5 Å². The monoisotopic (exact) mass is 224 g/mol. The van der Waals surface area contributed by atoms with Gasteiger partial charge in [-0.25, -0.2) is 19.4 Å². The molecule has 15 heavy (non-hydrogen) atoms. The van der Waals surface area contributed by atoms with E-state index in [2.05, 4.69) is 15.1 Å². The summed E-state index contributed by atoms with van der Waals surface area (Å²) >= 11 is 5.67. The highest BCUT2D eigenvalue weighted by molar-refractivity contribution is 6.30. The summed E-state index contributed by atoms with van der Waals surface area (Å²) in [6.07, 6.45) is 5.47. The molecule has 0 aromatic carbocycles. The van der Waals surface area contributed by atoms with Crippen LogP contribution in [0.3, 0.4) is 0 Å². The van der Waals surface area contributed by atoms with Gasteiger partial charge in [0.2, 0.25) is 0 Å². The Labute approximate surface area is 89.2 Å². The van der Waals surface area contributed by atoms with Crippen LogP contribution < -0.4 is 0 Å². The number of nitrogens with zero attached hydrogens (tertiary/aromatic N) is 4. The lowest BCUT2D eigenvalue weighted by molar-refractivity contribution is 0.0690. The minimum atomic E-state index is -1.12. The number of halogens is 1. The quantitative estimate of drug-likeness (QED) is 0.824. The van der Waals surface area contributed by atoms with Gasteiger partial charge in [0.25, 0.3) is 0 Å². The fourth-order valence-corrected chi connectivity index (χ4v) is 1.11. The first-order valence-electron chi connectivity index (χ1n) is 3.93. The second kappa shape index (κ2) is 3.66. The molecular formula is C8H5ClN4O2. The van der Waals surface area contributed by atoms with Crippen molar-refractivity contribution in [1.29, 1.82) is 0 Å². The van der Waals surface area contributed by atoms with Gasteiger partial charge in [-0.05, 0) is 0 Å². The molecule has 6 nitrogen and oxygen atoms in total. The van der Waals surface area contributed by atoms with E-state index in [4.69, 9.17) is 16.7 Å². The summed E-state index contributed by atoms with van der Waals surface area (Å²) in [5, 5.41) is 13.0. The lowest BCUT2D eigenvalue weighted by Crippen LogP contribution is -2.04. The van der Waals surface area contributed by atoms with Gasteiger partial charge in [0.05, 0.1) is 29.8 Å². The average molecular weight is 225 g/mol. The number of hydrogen-bond donors (Lipinski definition) is 1. The SMILES string of the molecule is O=C(O)c1cnc(-n2cc(Cl)cn2)cn1. The molecule has 0 fully saturated rings. The Balaban J connectivity index is 2.35. The van der Waals surface area contributed by atoms with Crippen LogP contribution in [-0.2, 0) is 0 Å². The van der Waals surface area contributed by atoms with Gasteiger partial charge in [-0.1, -0.05) is 11.6 Å². The van der Waals surface area contributed by atoms with Crippen molar-refractivity contribution in [3.8, 4) is 5.82 Å². The normalized spacial score (nSPS) is 10.2. The Morgan fingerprint density at radius 3 is 2.60 bits per heavy atom. The third-order valence-corrected chi connectivity index (χ3v) is 1.84. The molecule has 0 aliphatic rings. The van der Waals surface area contributed by atoms with Crippen LogP contribution in [-0.4, -0.2) is 30.8 Å². The molecule has 2 aromatic rings. The van der Waals surface area contributed by atoms with Crippen molar-refractivity contribution in [2.24, 2.45) is 0 Å². The maximum absolute atomic E-state index is 10.5. The van der Waals surface area contributed by atoms with Gasteiger partial charge in [-0.3, -0.25) is 0 Å². The van der Waals surface area contributed by atoms with Gasteiger partial charge < -0.3 is 5.11 Å². The molecule has 2 rings (SSSR count). The van der Waals surface area contributed by atoms with Crippen LogP contribution in [0.2, 0.25) is 5.02 Å². The topological polar surface area (TPSA) is 80.9 Å². The van der Waals surface area contributed by atoms with E-state index in [1.54, 1.807) is 6.20 Å². The Morgan fingerprint density at radius 1 is 1.33 bits per heavy atom. The van der Waals surface area contributed by atoms with E-state index in [0.717, 1.165) is 6.20 Å². The summed E-state index contributed by atoms with van der Waals surface area (Å²) in [6.45, 7) is 0. The van der Waals surface area contributed by atoms with Gasteiger partial charge >= 0.3 is 5.97 Å². The maximum atomic E-state index is 10.5. The molecule has 1 N–H and O–H groups in total. The van der Waals surface area contributed by atoms with Crippen molar-refractivity contribution in [2.45, 2.75) is 0 Å². The van der Waals surface area contributed by atoms with Crippen molar-refractivity contribution in [2.75, 3.05) is 0 Å². The van der Waals surface area contributed by atoms with Crippen molar-refractivity contribution >= 4 is 17.6 Å². The molecule has 0 radical (unpaired) electrons. The fraction of sp³-hybridized carbons (Fsp3) is 0. The first-order valence-corrected chi connectivity index (χ1v) is 4.30. The number of carbonyl (C=O) groups is 1. The highest BCUT2D eigenvalue weighted by Crippen LogP contribution is 2.08. The zero-order valence-corrected chi connectivity index (χ0v) is 8.09. The molecule has 0 bridgehead atoms. The van der Waals surface area contributed by atoms with Crippen LogP contribution >= 0.6 is 11.6 Å². The van der Waals surface area contributed by atoms with Crippen LogP contribution in [0.5, 0.6) is 0 Å². The molecule has 0 spiro atoms. The number of aromatic nitrogens is 4. The second-order valence-electron chi connectivity index (χ2n) is 2.67. The van der Waals surface area contributed by atoms with Gasteiger partial charge in [-0.2, -0.15) is 5.10 Å². The van der Waals surface area contributed by atoms with E-state index in [9.17, 15) is 4.79 Å². The van der Waals surface area contributed by atoms with Crippen LogP contribution in [0.1, 0.15) is 10.5 Å². The average Bonchev–Trinajstić information content (AvgIpc) is 2.65. The fourth-order valence-electron chi connectivity index (χ4n) is 0.976. The van der Waals surface area contributed by atoms with Gasteiger partial charge in [-0.15, -0.1) is 0 Å². The summed E-state index contributed by atoms with van der Waals surface area (Å²) in [7, 11) is 0. The Kier molecular flexibility index (Phi) is 2.34. The van der Waals surface area contributed by atoms with Crippen molar-refractivity contribution in [3.63, 3.8) is 0 Å². The molecule has 7 heteroatoms. The molecule has 0 unspecified atom stereocenters. The number of hydrogen-bond acceptors (Lipinski definition) is 4. The predicted molar refractivity (Wildman–Crippen MR) is 51.1 cm³/mol. The molecule has 2 heterocycles. The Hall–Kier alpha value is -1.95. The second-order valence-corrected chi connectivity index (χ2v) is 3.10. The van der Waals surface area contributed by atoms with E-state index in [0.29, 0.717) is 10.8 Å². The largest absolute Gasteiger partial charge is 0.476 e. The predicted octanol–water partition coefficient (Wildman–Crippen LogP) is 1.01. The van der Waals surface area contributed by atoms with Crippen molar-refractivity contribution < 1.29 is 9.90 Å². The van der Waals surface area contributed by atoms with E-state index < -0.39 is 5.97 Å². The number of aromatic carboxylic acids is 1. The number of carboxylic acid groups (broad SMARTS) is 1. The number of rotatable bonds is 2. The van der Waals surface area contributed by atoms with E-state index in [1.807, 2.05) is 0 Å². The molecule has 0 aliphatic heterocycles. The van der Waals surface area contributed by atoms with E-state index in [-0.39, 0.29) is 5.69 Å². The minimum Gasteiger partial charge on any atom is -0.476 e. The molecular weight excluding hydrogens is 220 g/mol. The molecule has 0 atom stereocenters. The summed E-state index contributed by atoms with van der Waals surface area (Å²) in [6, 6.07) is 0. The van der Waals surface area contributed by atoms with Crippen LogP contribution in [0.25, 0.3) is 5.82 Å². The summed E-state index contributed by atoms with van der Waals surface area (Å²) < 4.78 is 1.40. The van der Waals surface area contributed by atoms with E-state index >= 15 is 0 Å². The van der Waals surface area contributed by atoms with Crippen LogP contribution in [0, 0.1) is 0 Å². The lowest BCUT2D eigenvalue weighted by Gasteiger charge is -1.98. The van der Waals surface area contributed by atoms with Crippen LogP contribution in [0.15, 0.2) is 24.8 Å². The Bertz CT molecular complexity index is 494. The highest BCUT2D eigenvalue weighted by Gasteiger charge is 2.06. The standard InChI is InChI=1S/C8H5ClN4O2/c9-5-1-12-13(4-5)7-3-10-6(2-11-7)8(14)15/h1-4H,(H,14,15). The zero-order chi connectivity index (χ0) is 10.8. The lowest BCUT2D eigenvalue weighted by atomic mass is 10.4. The third-order valence-electron chi connectivity index (χ3n) is 1.64. The smallest absolute Gasteiger partial charge is 0.356 e. The number of carboxylic acids is 1. The summed E-state index contributed by atoms with van der Waals surface area (Å²) in [5.74, 6) is -0.709. The molecule has 0 amide bonds. The molecule has 0 saturated carbocycles. The first-order chi connectivity index (χ1) is 7.16. The molecule has 0 saturated heterocycles. The minimum absolute atomic E-state index is 0.114. The van der Waals surface area contributed by atoms with Gasteiger partial charge in [0, 0.05) is 0 Å². The van der Waals surface area contributed by atoms with Crippen LogP contribution in [0.4, 0.5) is 0 Å². The molecule has 2 aromatic heterocycles. The highest BCUT2D eigenvalue weighted by atomic mass is 35.5. The zero-order valence-electron chi connectivity index (χ0n) is 7.33. The molecule has 0 aliphatic carbocycles. The van der Waals surface area contributed by atoms with Crippen molar-refractivity contribution in [3.05, 3.63) is 35.5 Å². The van der Waals surface area contributed by atoms with E-state index in [1.165, 1.54) is 17.1 Å². The summed E-state index contributed by atoms with van der Waals surface area (Å²) in [5.41, 5.74) is -0.114. The van der Waals surface area contributed by atoms with Gasteiger partial charge in [0.1, 0.15) is 0 Å². The molecule has 76 valence electrons. The summed E-state index contributed by atoms with van der Waals surface area (Å²) in [4.78, 5) is 18.1. The Morgan fingerprint density at radius 2 is 2.13 bits per heavy atom. The van der Waals surface area contributed by atoms with Crippen molar-refractivity contribution in [1.82, 2.24) is 19.7 Å².